The summed E-state index contributed by atoms with van der Waals surface area (Å²) in [4.78, 5) is 37.3. The van der Waals surface area contributed by atoms with Crippen molar-refractivity contribution in [3.8, 4) is 0 Å². The summed E-state index contributed by atoms with van der Waals surface area (Å²) in [5.74, 6) is -0.828. The molecule has 0 spiro atoms. The number of oxazole rings is 1. The summed E-state index contributed by atoms with van der Waals surface area (Å²) >= 11 is 1.46. The molecule has 0 radical (unpaired) electrons. The number of hydrogen-bond acceptors (Lipinski definition) is 5. The van der Waals surface area contributed by atoms with Gasteiger partial charge < -0.3 is 15.1 Å². The van der Waals surface area contributed by atoms with E-state index in [0.29, 0.717) is 35.3 Å². The molecule has 0 bridgehead atoms. The number of benzene rings is 1. The Morgan fingerprint density at radius 3 is 2.92 bits per heavy atom. The van der Waals surface area contributed by atoms with Crippen LogP contribution < -0.4 is 16.4 Å². The average Bonchev–Trinajstić information content (AvgIpc) is 3.19. The Morgan fingerprint density at radius 2 is 2.12 bits per heavy atom. The van der Waals surface area contributed by atoms with Gasteiger partial charge in [0.05, 0.1) is 5.52 Å². The fourth-order valence-electron chi connectivity index (χ4n) is 2.20. The second-order valence-corrected chi connectivity index (χ2v) is 5.93. The fraction of sp³-hybridized carbons (Fsp3) is 0.188. The van der Waals surface area contributed by atoms with Gasteiger partial charge in [0.1, 0.15) is 0 Å². The predicted octanol–water partition coefficient (Wildman–Crippen LogP) is 2.33. The largest absolute Gasteiger partial charge is 0.417 e. The molecular formula is C16H15N3O4S. The normalized spacial score (nSPS) is 10.7. The molecular weight excluding hydrogens is 330 g/mol. The maximum absolute atomic E-state index is 11.9. The monoisotopic (exact) mass is 345 g/mol. The smallest absolute Gasteiger partial charge is 0.408 e. The van der Waals surface area contributed by atoms with Gasteiger partial charge in [-0.25, -0.2) is 4.79 Å². The van der Waals surface area contributed by atoms with E-state index in [4.69, 9.17) is 4.42 Å². The lowest BCUT2D eigenvalue weighted by atomic mass is 10.2. The van der Waals surface area contributed by atoms with Crippen LogP contribution in [0.2, 0.25) is 0 Å². The highest BCUT2D eigenvalue weighted by Crippen LogP contribution is 2.16. The molecule has 3 rings (SSSR count). The predicted molar refractivity (Wildman–Crippen MR) is 91.4 cm³/mol. The third-order valence-electron chi connectivity index (χ3n) is 3.35. The van der Waals surface area contributed by atoms with Crippen LogP contribution in [0.1, 0.15) is 23.2 Å². The molecule has 0 unspecified atom stereocenters. The van der Waals surface area contributed by atoms with Gasteiger partial charge in [0.2, 0.25) is 5.91 Å². The maximum Gasteiger partial charge on any atom is 0.417 e. The number of fused-ring (bicyclic) bond motifs is 1. The first-order chi connectivity index (χ1) is 11.6. The van der Waals surface area contributed by atoms with Crippen molar-refractivity contribution in [3.05, 3.63) is 51.1 Å². The summed E-state index contributed by atoms with van der Waals surface area (Å²) in [6, 6.07) is 6.67. The van der Waals surface area contributed by atoms with E-state index in [9.17, 15) is 14.4 Å². The van der Waals surface area contributed by atoms with E-state index in [-0.39, 0.29) is 18.2 Å². The first-order valence-corrected chi connectivity index (χ1v) is 8.29. The van der Waals surface area contributed by atoms with Crippen molar-refractivity contribution in [2.24, 2.45) is 0 Å². The Bertz CT molecular complexity index is 911. The molecule has 2 amide bonds. The lowest BCUT2D eigenvalue weighted by Gasteiger charge is -2.06. The number of thiophene rings is 1. The van der Waals surface area contributed by atoms with E-state index in [1.165, 1.54) is 11.3 Å². The van der Waals surface area contributed by atoms with Gasteiger partial charge in [0.15, 0.2) is 5.58 Å². The van der Waals surface area contributed by atoms with Crippen molar-refractivity contribution in [2.45, 2.75) is 12.8 Å². The van der Waals surface area contributed by atoms with Crippen LogP contribution in [-0.4, -0.2) is 23.3 Å². The molecule has 8 heteroatoms. The molecule has 1 aromatic carbocycles. The quantitative estimate of drug-likeness (QED) is 0.596. The average molecular weight is 345 g/mol. The summed E-state index contributed by atoms with van der Waals surface area (Å²) in [6.45, 7) is 0.427. The van der Waals surface area contributed by atoms with Crippen LogP contribution in [0.3, 0.4) is 0 Å². The molecule has 0 fully saturated rings. The molecule has 3 aromatic rings. The van der Waals surface area contributed by atoms with Gasteiger partial charge in [-0.3, -0.25) is 14.6 Å². The minimum Gasteiger partial charge on any atom is -0.408 e. The van der Waals surface area contributed by atoms with Gasteiger partial charge in [-0.1, -0.05) is 0 Å². The van der Waals surface area contributed by atoms with Crippen molar-refractivity contribution >= 4 is 39.9 Å². The number of carbonyl (C=O) groups is 2. The number of anilines is 1. The molecule has 0 saturated heterocycles. The number of nitrogens with one attached hydrogen (secondary N) is 3. The van der Waals surface area contributed by atoms with Gasteiger partial charge >= 0.3 is 5.76 Å². The number of aromatic amines is 1. The Kier molecular flexibility index (Phi) is 4.76. The zero-order valence-corrected chi connectivity index (χ0v) is 13.4. The van der Waals surface area contributed by atoms with Crippen LogP contribution in [0.25, 0.3) is 11.1 Å². The third-order valence-corrected chi connectivity index (χ3v) is 4.04. The molecule has 0 aliphatic rings. The van der Waals surface area contributed by atoms with Crippen molar-refractivity contribution in [3.63, 3.8) is 0 Å². The molecule has 7 nitrogen and oxygen atoms in total. The number of rotatable bonds is 6. The Morgan fingerprint density at radius 1 is 1.25 bits per heavy atom. The second kappa shape index (κ2) is 7.14. The maximum atomic E-state index is 11.9. The summed E-state index contributed by atoms with van der Waals surface area (Å²) in [7, 11) is 0. The summed E-state index contributed by atoms with van der Waals surface area (Å²) in [5.41, 5.74) is 2.17. The van der Waals surface area contributed by atoms with Crippen molar-refractivity contribution in [1.29, 1.82) is 0 Å². The van der Waals surface area contributed by atoms with Crippen LogP contribution in [0.15, 0.2) is 44.2 Å². The van der Waals surface area contributed by atoms with Gasteiger partial charge in [0.25, 0.3) is 5.91 Å². The highest BCUT2D eigenvalue weighted by molar-refractivity contribution is 7.08. The number of aromatic nitrogens is 1. The van der Waals surface area contributed by atoms with Crippen molar-refractivity contribution in [2.75, 3.05) is 11.9 Å². The van der Waals surface area contributed by atoms with Gasteiger partial charge in [-0.05, 0) is 36.1 Å². The van der Waals surface area contributed by atoms with Crippen molar-refractivity contribution in [1.82, 2.24) is 10.3 Å². The Balaban J connectivity index is 1.45. The highest BCUT2D eigenvalue weighted by atomic mass is 32.1. The van der Waals surface area contributed by atoms with E-state index in [0.717, 1.165) is 0 Å². The van der Waals surface area contributed by atoms with Crippen molar-refractivity contribution < 1.29 is 14.0 Å². The van der Waals surface area contributed by atoms with Crippen LogP contribution in [-0.2, 0) is 4.79 Å². The molecule has 0 saturated carbocycles. The summed E-state index contributed by atoms with van der Waals surface area (Å²) in [6.07, 6.45) is 0.816. The molecule has 0 atom stereocenters. The molecule has 0 aliphatic carbocycles. The minimum atomic E-state index is -0.533. The molecule has 24 heavy (non-hydrogen) atoms. The number of carbonyl (C=O) groups excluding carboxylic acids is 2. The zero-order valence-electron chi connectivity index (χ0n) is 12.6. The molecule has 124 valence electrons. The van der Waals surface area contributed by atoms with Crippen LogP contribution in [0.4, 0.5) is 5.69 Å². The lowest BCUT2D eigenvalue weighted by Crippen LogP contribution is -2.25. The van der Waals surface area contributed by atoms with Gasteiger partial charge in [-0.15, -0.1) is 0 Å². The number of hydrogen-bond donors (Lipinski definition) is 3. The number of amides is 2. The topological polar surface area (TPSA) is 104 Å². The lowest BCUT2D eigenvalue weighted by molar-refractivity contribution is -0.116. The second-order valence-electron chi connectivity index (χ2n) is 5.15. The van der Waals surface area contributed by atoms with E-state index in [1.54, 1.807) is 29.6 Å². The first-order valence-electron chi connectivity index (χ1n) is 7.35. The SMILES string of the molecule is O=C(CCCNC(=O)c1ccsc1)Nc1ccc2oc(=O)[nH]c2c1. The summed E-state index contributed by atoms with van der Waals surface area (Å²) < 4.78 is 4.90. The van der Waals surface area contributed by atoms with E-state index in [1.807, 2.05) is 5.38 Å². The zero-order chi connectivity index (χ0) is 16.9. The van der Waals surface area contributed by atoms with Gasteiger partial charge in [0, 0.05) is 29.6 Å². The molecule has 0 aliphatic heterocycles. The standard InChI is InChI=1S/C16H15N3O4S/c20-14(2-1-6-17-15(21)10-5-7-24-9-10)18-11-3-4-13-12(8-11)19-16(22)23-13/h3-5,7-9H,1-2,6H2,(H,17,21)(H,18,20)(H,19,22). The van der Waals surface area contributed by atoms with Crippen LogP contribution in [0.5, 0.6) is 0 Å². The van der Waals surface area contributed by atoms with Crippen LogP contribution in [0, 0.1) is 0 Å². The van der Waals surface area contributed by atoms with E-state index >= 15 is 0 Å². The first kappa shape index (κ1) is 16.0. The Hall–Kier alpha value is -2.87. The fourth-order valence-corrected chi connectivity index (χ4v) is 2.84. The molecule has 2 aromatic heterocycles. The van der Waals surface area contributed by atoms with Crippen LogP contribution >= 0.6 is 11.3 Å². The van der Waals surface area contributed by atoms with E-state index in [2.05, 4.69) is 15.6 Å². The number of H-pyrrole nitrogens is 1. The third kappa shape index (κ3) is 3.90. The minimum absolute atomic E-state index is 0.133. The molecule has 2 heterocycles. The Labute approximate surface area is 140 Å². The molecule has 3 N–H and O–H groups in total. The summed E-state index contributed by atoms with van der Waals surface area (Å²) in [5, 5.41) is 9.13. The van der Waals surface area contributed by atoms with E-state index < -0.39 is 5.76 Å². The highest BCUT2D eigenvalue weighted by Gasteiger charge is 2.07. The van der Waals surface area contributed by atoms with Gasteiger partial charge in [-0.2, -0.15) is 11.3 Å².